The minimum Gasteiger partial charge on any atom is -0.480 e. The van der Waals surface area contributed by atoms with Crippen LogP contribution in [-0.4, -0.2) is 30.1 Å². The maximum absolute atomic E-state index is 14.1. The van der Waals surface area contributed by atoms with Crippen LogP contribution in [0.5, 0.6) is 0 Å². The number of fused-ring (bicyclic) bond motifs is 1. The smallest absolute Gasteiger partial charge is 0.326 e. The summed E-state index contributed by atoms with van der Waals surface area (Å²) in [5.74, 6) is -2.33. The Morgan fingerprint density at radius 2 is 2.09 bits per heavy atom. The van der Waals surface area contributed by atoms with Gasteiger partial charge in [0.2, 0.25) is 0 Å². The average molecular weight is 339 g/mol. The lowest BCUT2D eigenvalue weighted by atomic mass is 10.0. The molecule has 0 aliphatic carbocycles. The van der Waals surface area contributed by atoms with Gasteiger partial charge in [-0.15, -0.1) is 11.3 Å². The van der Waals surface area contributed by atoms with Gasteiger partial charge in [-0.2, -0.15) is 0 Å². The number of aliphatic carboxylic acids is 1. The molecule has 23 heavy (non-hydrogen) atoms. The molecule has 2 rings (SSSR count). The van der Waals surface area contributed by atoms with Crippen molar-refractivity contribution >= 4 is 33.3 Å². The number of rotatable bonds is 6. The third-order valence-electron chi connectivity index (χ3n) is 3.48. The van der Waals surface area contributed by atoms with Gasteiger partial charge < -0.3 is 15.2 Å². The number of hydrogen-bond acceptors (Lipinski definition) is 4. The first-order valence-electron chi connectivity index (χ1n) is 7.09. The predicted molar refractivity (Wildman–Crippen MR) is 86.2 cm³/mol. The van der Waals surface area contributed by atoms with Crippen LogP contribution in [0.25, 0.3) is 10.1 Å². The van der Waals surface area contributed by atoms with E-state index in [-0.39, 0.29) is 17.4 Å². The molecule has 2 aromatic rings. The van der Waals surface area contributed by atoms with Crippen molar-refractivity contribution in [1.82, 2.24) is 5.32 Å². The van der Waals surface area contributed by atoms with Crippen LogP contribution in [0.3, 0.4) is 0 Å². The number of nitrogens with one attached hydrogen (secondary N) is 1. The van der Waals surface area contributed by atoms with Gasteiger partial charge in [0.25, 0.3) is 5.91 Å². The summed E-state index contributed by atoms with van der Waals surface area (Å²) in [4.78, 5) is 24.0. The Bertz CT molecular complexity index is 741. The highest BCUT2D eigenvalue weighted by atomic mass is 32.1. The van der Waals surface area contributed by atoms with Gasteiger partial charge in [0.05, 0.1) is 11.5 Å². The fraction of sp³-hybridized carbons (Fsp3) is 0.375. The molecule has 1 amide bonds. The first-order chi connectivity index (χ1) is 10.9. The topological polar surface area (TPSA) is 75.6 Å². The van der Waals surface area contributed by atoms with Crippen molar-refractivity contribution < 1.29 is 23.8 Å². The zero-order valence-corrected chi connectivity index (χ0v) is 13.9. The fourth-order valence-corrected chi connectivity index (χ4v) is 3.48. The zero-order valence-electron chi connectivity index (χ0n) is 13.1. The van der Waals surface area contributed by atoms with Gasteiger partial charge in [0, 0.05) is 22.8 Å². The lowest BCUT2D eigenvalue weighted by Crippen LogP contribution is -2.44. The Hall–Kier alpha value is -1.99. The van der Waals surface area contributed by atoms with E-state index in [4.69, 9.17) is 4.74 Å². The van der Waals surface area contributed by atoms with Crippen LogP contribution >= 0.6 is 11.3 Å². The summed E-state index contributed by atoms with van der Waals surface area (Å²) >= 11 is 1.13. The van der Waals surface area contributed by atoms with Gasteiger partial charge in [-0.1, -0.05) is 19.9 Å². The second-order valence-corrected chi connectivity index (χ2v) is 6.54. The van der Waals surface area contributed by atoms with Gasteiger partial charge in [-0.05, 0) is 18.1 Å². The van der Waals surface area contributed by atoms with Crippen molar-refractivity contribution in [1.29, 1.82) is 0 Å². The third kappa shape index (κ3) is 3.51. The van der Waals surface area contributed by atoms with Crippen LogP contribution in [0.15, 0.2) is 18.2 Å². The normalized spacial score (nSPS) is 12.6. The minimum atomic E-state index is -1.10. The molecule has 124 valence electrons. The molecule has 0 spiro atoms. The molecule has 0 saturated heterocycles. The summed E-state index contributed by atoms with van der Waals surface area (Å²) in [6.45, 7) is 3.49. The molecule has 0 aliphatic heterocycles. The Morgan fingerprint density at radius 3 is 2.65 bits per heavy atom. The van der Waals surface area contributed by atoms with Gasteiger partial charge >= 0.3 is 5.97 Å². The molecule has 0 bridgehead atoms. The molecule has 0 radical (unpaired) electrons. The summed E-state index contributed by atoms with van der Waals surface area (Å²) < 4.78 is 19.8. The van der Waals surface area contributed by atoms with E-state index < -0.39 is 23.7 Å². The molecule has 7 heteroatoms. The Balaban J connectivity index is 2.46. The van der Waals surface area contributed by atoms with Crippen LogP contribution in [0.1, 0.15) is 29.1 Å². The molecule has 5 nitrogen and oxygen atoms in total. The fourth-order valence-electron chi connectivity index (χ4n) is 2.35. The van der Waals surface area contributed by atoms with Crippen LogP contribution in [0, 0.1) is 11.7 Å². The predicted octanol–water partition coefficient (Wildman–Crippen LogP) is 3.03. The molecule has 1 atom stereocenters. The van der Waals surface area contributed by atoms with E-state index in [9.17, 15) is 19.1 Å². The number of carboxylic acid groups (broad SMARTS) is 1. The molecule has 0 aliphatic rings. The number of benzene rings is 1. The highest BCUT2D eigenvalue weighted by Crippen LogP contribution is 2.33. The molecule has 0 fully saturated rings. The van der Waals surface area contributed by atoms with Crippen molar-refractivity contribution in [2.24, 2.45) is 5.92 Å². The standard InChI is InChI=1S/C16H18FNO4S/c1-8(2)13(16(20)21)18-15(19)14-9(7-22-3)12-10(17)5-4-6-11(12)23-14/h4-6,8,13H,7H2,1-3H3,(H,18,19)(H,20,21)/t13-/m1/s1. The Morgan fingerprint density at radius 1 is 1.39 bits per heavy atom. The van der Waals surface area contributed by atoms with Crippen molar-refractivity contribution in [3.8, 4) is 0 Å². The molecule has 1 heterocycles. The van der Waals surface area contributed by atoms with E-state index in [0.717, 1.165) is 11.3 Å². The van der Waals surface area contributed by atoms with Crippen LogP contribution in [0.2, 0.25) is 0 Å². The monoisotopic (exact) mass is 339 g/mol. The van der Waals surface area contributed by atoms with Crippen LogP contribution in [-0.2, 0) is 16.1 Å². The van der Waals surface area contributed by atoms with Crippen LogP contribution in [0.4, 0.5) is 4.39 Å². The number of methoxy groups -OCH3 is 1. The van der Waals surface area contributed by atoms with Gasteiger partial charge in [-0.3, -0.25) is 4.79 Å². The first-order valence-corrected chi connectivity index (χ1v) is 7.91. The third-order valence-corrected chi connectivity index (χ3v) is 4.67. The molecule has 1 aromatic heterocycles. The molecular weight excluding hydrogens is 321 g/mol. The SMILES string of the molecule is COCc1c(C(=O)N[C@@H](C(=O)O)C(C)C)sc2cccc(F)c12. The Labute approximate surface area is 137 Å². The van der Waals surface area contributed by atoms with E-state index >= 15 is 0 Å². The van der Waals surface area contributed by atoms with Gasteiger partial charge in [0.15, 0.2) is 0 Å². The van der Waals surface area contributed by atoms with Crippen molar-refractivity contribution in [3.63, 3.8) is 0 Å². The number of halogens is 1. The summed E-state index contributed by atoms with van der Waals surface area (Å²) in [7, 11) is 1.46. The number of thiophene rings is 1. The Kier molecular flexibility index (Phi) is 5.33. The number of carbonyl (C=O) groups excluding carboxylic acids is 1. The molecule has 0 unspecified atom stereocenters. The maximum Gasteiger partial charge on any atom is 0.326 e. The molecule has 2 N–H and O–H groups in total. The summed E-state index contributed by atoms with van der Waals surface area (Å²) in [5.41, 5.74) is 0.441. The summed E-state index contributed by atoms with van der Waals surface area (Å²) in [6, 6.07) is 3.61. The van der Waals surface area contributed by atoms with E-state index in [2.05, 4.69) is 5.32 Å². The van der Waals surface area contributed by atoms with Crippen LogP contribution < -0.4 is 5.32 Å². The number of carboxylic acids is 1. The van der Waals surface area contributed by atoms with Crippen molar-refractivity contribution in [3.05, 3.63) is 34.5 Å². The van der Waals surface area contributed by atoms with Crippen molar-refractivity contribution in [2.45, 2.75) is 26.5 Å². The zero-order chi connectivity index (χ0) is 17.1. The molecule has 0 saturated carbocycles. The van der Waals surface area contributed by atoms with E-state index in [0.29, 0.717) is 15.6 Å². The first kappa shape index (κ1) is 17.4. The second-order valence-electron chi connectivity index (χ2n) is 5.49. The van der Waals surface area contributed by atoms with Crippen molar-refractivity contribution in [2.75, 3.05) is 7.11 Å². The number of ether oxygens (including phenoxy) is 1. The van der Waals surface area contributed by atoms with E-state index in [1.54, 1.807) is 26.0 Å². The highest BCUT2D eigenvalue weighted by Gasteiger charge is 2.27. The largest absolute Gasteiger partial charge is 0.480 e. The second kappa shape index (κ2) is 7.06. The van der Waals surface area contributed by atoms with E-state index in [1.807, 2.05) is 0 Å². The molecular formula is C16H18FNO4S. The quantitative estimate of drug-likeness (QED) is 0.848. The maximum atomic E-state index is 14.1. The van der Waals surface area contributed by atoms with Gasteiger partial charge in [0.1, 0.15) is 11.9 Å². The summed E-state index contributed by atoms with van der Waals surface area (Å²) in [6.07, 6.45) is 0. The lowest BCUT2D eigenvalue weighted by molar-refractivity contribution is -0.140. The van der Waals surface area contributed by atoms with Gasteiger partial charge in [-0.25, -0.2) is 9.18 Å². The molecule has 1 aromatic carbocycles. The lowest BCUT2D eigenvalue weighted by Gasteiger charge is -2.17. The van der Waals surface area contributed by atoms with E-state index in [1.165, 1.54) is 13.2 Å². The summed E-state index contributed by atoms with van der Waals surface area (Å²) in [5, 5.41) is 12.1. The minimum absolute atomic E-state index is 0.0725. The average Bonchev–Trinajstić information content (AvgIpc) is 2.84. The number of amides is 1. The highest BCUT2D eigenvalue weighted by molar-refractivity contribution is 7.21. The number of carbonyl (C=O) groups is 2. The number of hydrogen-bond donors (Lipinski definition) is 2.